The number of pyridine rings is 1. The van der Waals surface area contributed by atoms with Crippen LogP contribution >= 0.6 is 0 Å². The Labute approximate surface area is 147 Å². The van der Waals surface area contributed by atoms with Crippen molar-refractivity contribution in [1.29, 1.82) is 0 Å². The van der Waals surface area contributed by atoms with Gasteiger partial charge in [0.1, 0.15) is 18.2 Å². The molecule has 0 saturated carbocycles. The van der Waals surface area contributed by atoms with Crippen LogP contribution in [0.1, 0.15) is 15.9 Å². The molecule has 0 atom stereocenters. The Bertz CT molecular complexity index is 742. The molecule has 2 aromatic rings. The number of ether oxygens (including phenoxy) is 2. The van der Waals surface area contributed by atoms with Crippen LogP contribution in [-0.4, -0.2) is 55.2 Å². The van der Waals surface area contributed by atoms with Crippen LogP contribution in [0.15, 0.2) is 42.6 Å². The van der Waals surface area contributed by atoms with Crippen molar-refractivity contribution in [2.75, 3.05) is 44.4 Å². The topological polar surface area (TPSA) is 54.9 Å². The number of hydrogen-bond acceptors (Lipinski definition) is 5. The molecule has 0 spiro atoms. The minimum Gasteiger partial charge on any atom is -0.491 e. The van der Waals surface area contributed by atoms with Gasteiger partial charge >= 0.3 is 0 Å². The van der Waals surface area contributed by atoms with Crippen molar-refractivity contribution in [2.24, 2.45) is 0 Å². The minimum atomic E-state index is 0.0203. The number of morpholine rings is 1. The standard InChI is InChI=1S/C19H21N3O3/c23-19(21-7-10-24-11-8-21)15-5-6-18(20-13-15)22-9-12-25-17-4-2-1-3-16(17)14-22/h1-6,13H,7-12,14H2. The van der Waals surface area contributed by atoms with E-state index in [0.717, 1.165) is 30.2 Å². The van der Waals surface area contributed by atoms with Crippen LogP contribution in [-0.2, 0) is 11.3 Å². The van der Waals surface area contributed by atoms with Gasteiger partial charge in [-0.05, 0) is 18.2 Å². The Morgan fingerprint density at radius 3 is 2.64 bits per heavy atom. The lowest BCUT2D eigenvalue weighted by Crippen LogP contribution is -2.40. The van der Waals surface area contributed by atoms with Gasteiger partial charge in [-0.15, -0.1) is 0 Å². The third kappa shape index (κ3) is 3.44. The molecule has 0 radical (unpaired) electrons. The van der Waals surface area contributed by atoms with Gasteiger partial charge in [-0.2, -0.15) is 0 Å². The van der Waals surface area contributed by atoms with Gasteiger partial charge < -0.3 is 19.3 Å². The van der Waals surface area contributed by atoms with Crippen LogP contribution in [0.2, 0.25) is 0 Å². The molecule has 4 rings (SSSR count). The summed E-state index contributed by atoms with van der Waals surface area (Å²) in [6.45, 7) is 4.61. The van der Waals surface area contributed by atoms with Gasteiger partial charge in [0.05, 0.1) is 25.3 Å². The molecule has 1 amide bonds. The predicted octanol–water partition coefficient (Wildman–Crippen LogP) is 1.95. The Kier molecular flexibility index (Phi) is 4.52. The molecule has 1 aromatic heterocycles. The van der Waals surface area contributed by atoms with Gasteiger partial charge in [0.2, 0.25) is 0 Å². The van der Waals surface area contributed by atoms with Crippen LogP contribution in [0.3, 0.4) is 0 Å². The summed E-state index contributed by atoms with van der Waals surface area (Å²) in [5.41, 5.74) is 1.77. The molecule has 2 aliphatic heterocycles. The fourth-order valence-corrected chi connectivity index (χ4v) is 3.17. The van der Waals surface area contributed by atoms with Gasteiger partial charge in [-0.25, -0.2) is 4.98 Å². The van der Waals surface area contributed by atoms with E-state index in [2.05, 4.69) is 16.0 Å². The van der Waals surface area contributed by atoms with Crippen molar-refractivity contribution < 1.29 is 14.3 Å². The molecule has 2 aliphatic rings. The van der Waals surface area contributed by atoms with E-state index >= 15 is 0 Å². The van der Waals surface area contributed by atoms with Crippen molar-refractivity contribution in [3.63, 3.8) is 0 Å². The van der Waals surface area contributed by atoms with Gasteiger partial charge in [0.25, 0.3) is 5.91 Å². The number of para-hydroxylation sites is 1. The Balaban J connectivity index is 1.49. The van der Waals surface area contributed by atoms with Gasteiger partial charge in [0.15, 0.2) is 0 Å². The number of amides is 1. The predicted molar refractivity (Wildman–Crippen MR) is 93.9 cm³/mol. The summed E-state index contributed by atoms with van der Waals surface area (Å²) in [6.07, 6.45) is 1.67. The maximum absolute atomic E-state index is 12.5. The van der Waals surface area contributed by atoms with E-state index < -0.39 is 0 Å². The van der Waals surface area contributed by atoms with E-state index in [1.165, 1.54) is 0 Å². The number of anilines is 1. The van der Waals surface area contributed by atoms with Crippen molar-refractivity contribution in [3.8, 4) is 5.75 Å². The van der Waals surface area contributed by atoms with Crippen molar-refractivity contribution in [1.82, 2.24) is 9.88 Å². The molecule has 1 saturated heterocycles. The van der Waals surface area contributed by atoms with Crippen LogP contribution in [0, 0.1) is 0 Å². The van der Waals surface area contributed by atoms with E-state index in [9.17, 15) is 4.79 Å². The zero-order valence-corrected chi connectivity index (χ0v) is 14.1. The molecule has 1 fully saturated rings. The molecule has 6 nitrogen and oxygen atoms in total. The second-order valence-electron chi connectivity index (χ2n) is 6.19. The number of rotatable bonds is 2. The minimum absolute atomic E-state index is 0.0203. The largest absolute Gasteiger partial charge is 0.491 e. The monoisotopic (exact) mass is 339 g/mol. The van der Waals surface area contributed by atoms with Gasteiger partial charge in [0, 0.05) is 31.4 Å². The molecule has 25 heavy (non-hydrogen) atoms. The summed E-state index contributed by atoms with van der Waals surface area (Å²) in [4.78, 5) is 21.0. The summed E-state index contributed by atoms with van der Waals surface area (Å²) >= 11 is 0. The van der Waals surface area contributed by atoms with Crippen LogP contribution in [0.4, 0.5) is 5.82 Å². The van der Waals surface area contributed by atoms with E-state index in [1.807, 2.05) is 35.2 Å². The normalized spacial score (nSPS) is 17.4. The second kappa shape index (κ2) is 7.11. The maximum atomic E-state index is 12.5. The first kappa shape index (κ1) is 15.9. The summed E-state index contributed by atoms with van der Waals surface area (Å²) in [5, 5.41) is 0. The Morgan fingerprint density at radius 1 is 1.00 bits per heavy atom. The van der Waals surface area contributed by atoms with Crippen LogP contribution in [0.25, 0.3) is 0 Å². The summed E-state index contributed by atoms with van der Waals surface area (Å²) in [5.74, 6) is 1.81. The number of aromatic nitrogens is 1. The average Bonchev–Trinajstić information content (AvgIpc) is 2.91. The SMILES string of the molecule is O=C(c1ccc(N2CCOc3ccccc3C2)nc1)N1CCOCC1. The highest BCUT2D eigenvalue weighted by atomic mass is 16.5. The highest BCUT2D eigenvalue weighted by molar-refractivity contribution is 5.94. The third-order valence-electron chi connectivity index (χ3n) is 4.57. The van der Waals surface area contributed by atoms with Crippen LogP contribution in [0.5, 0.6) is 5.75 Å². The first-order valence-corrected chi connectivity index (χ1v) is 8.60. The summed E-state index contributed by atoms with van der Waals surface area (Å²) < 4.78 is 11.1. The highest BCUT2D eigenvalue weighted by Crippen LogP contribution is 2.25. The number of carbonyl (C=O) groups excluding carboxylic acids is 1. The molecule has 0 bridgehead atoms. The molecule has 130 valence electrons. The Morgan fingerprint density at radius 2 is 1.84 bits per heavy atom. The zero-order chi connectivity index (χ0) is 17.1. The number of nitrogens with zero attached hydrogens (tertiary/aromatic N) is 3. The number of benzene rings is 1. The highest BCUT2D eigenvalue weighted by Gasteiger charge is 2.20. The van der Waals surface area contributed by atoms with Gasteiger partial charge in [-0.1, -0.05) is 18.2 Å². The van der Waals surface area contributed by atoms with Crippen molar-refractivity contribution in [2.45, 2.75) is 6.54 Å². The summed E-state index contributed by atoms with van der Waals surface area (Å²) in [7, 11) is 0. The number of carbonyl (C=O) groups is 1. The van der Waals surface area contributed by atoms with Gasteiger partial charge in [-0.3, -0.25) is 4.79 Å². The first-order valence-electron chi connectivity index (χ1n) is 8.60. The fourth-order valence-electron chi connectivity index (χ4n) is 3.17. The molecule has 6 heteroatoms. The average molecular weight is 339 g/mol. The molecular weight excluding hydrogens is 318 g/mol. The molecular formula is C19H21N3O3. The number of fused-ring (bicyclic) bond motifs is 1. The Hall–Kier alpha value is -2.60. The lowest BCUT2D eigenvalue weighted by Gasteiger charge is -2.27. The maximum Gasteiger partial charge on any atom is 0.255 e. The molecule has 0 N–H and O–H groups in total. The smallest absolute Gasteiger partial charge is 0.255 e. The lowest BCUT2D eigenvalue weighted by molar-refractivity contribution is 0.0302. The van der Waals surface area contributed by atoms with Crippen LogP contribution < -0.4 is 9.64 Å². The van der Waals surface area contributed by atoms with Crippen molar-refractivity contribution in [3.05, 3.63) is 53.7 Å². The lowest BCUT2D eigenvalue weighted by atomic mass is 10.2. The quantitative estimate of drug-likeness (QED) is 0.837. The van der Waals surface area contributed by atoms with E-state index in [4.69, 9.17) is 9.47 Å². The zero-order valence-electron chi connectivity index (χ0n) is 14.1. The van der Waals surface area contributed by atoms with E-state index in [-0.39, 0.29) is 5.91 Å². The first-order chi connectivity index (χ1) is 12.3. The molecule has 3 heterocycles. The fraction of sp³-hybridized carbons (Fsp3) is 0.368. The van der Waals surface area contributed by atoms with Crippen molar-refractivity contribution >= 4 is 11.7 Å². The van der Waals surface area contributed by atoms with E-state index in [0.29, 0.717) is 38.5 Å². The molecule has 1 aromatic carbocycles. The summed E-state index contributed by atoms with van der Waals surface area (Å²) in [6, 6.07) is 11.8. The molecule has 0 aliphatic carbocycles. The van der Waals surface area contributed by atoms with E-state index in [1.54, 1.807) is 6.20 Å². The third-order valence-corrected chi connectivity index (χ3v) is 4.57. The molecule has 0 unspecified atom stereocenters. The number of hydrogen-bond donors (Lipinski definition) is 0. The second-order valence-corrected chi connectivity index (χ2v) is 6.19.